The molecular weight excluding hydrogens is 515 g/mol. The van der Waals surface area contributed by atoms with E-state index in [1.807, 2.05) is 31.2 Å². The third-order valence-electron chi connectivity index (χ3n) is 6.07. The minimum absolute atomic E-state index is 0.170. The van der Waals surface area contributed by atoms with Crippen LogP contribution in [0.4, 0.5) is 4.39 Å². The van der Waals surface area contributed by atoms with E-state index in [-0.39, 0.29) is 17.7 Å². The number of rotatable bonds is 5. The van der Waals surface area contributed by atoms with E-state index >= 15 is 0 Å². The van der Waals surface area contributed by atoms with Gasteiger partial charge in [0, 0.05) is 16.7 Å². The second kappa shape index (κ2) is 9.95. The molecule has 6 nitrogen and oxygen atoms in total. The number of halogens is 2. The first-order valence-electron chi connectivity index (χ1n) is 11.6. The standard InChI is InChI=1S/C28H22ClFN2O4S/c1-4-35-27(34)24-16(3)31-28-32(25(24)17-6-9-19(30)10-7-17)26(33)23(37-28)14-20-11-12-22(36-20)21-13-18(29)8-5-15(21)2/h5-14,25H,4H2,1-3H3/b23-14-/t25-/m0/s1. The van der Waals surface area contributed by atoms with E-state index in [0.717, 1.165) is 11.1 Å². The molecule has 0 N–H and O–H groups in total. The molecule has 9 heteroatoms. The van der Waals surface area contributed by atoms with Crippen LogP contribution in [0.15, 0.2) is 80.1 Å². The zero-order valence-corrected chi connectivity index (χ0v) is 21.8. The number of ether oxygens (including phenoxy) is 1. The van der Waals surface area contributed by atoms with Gasteiger partial charge in [-0.1, -0.05) is 41.1 Å². The van der Waals surface area contributed by atoms with E-state index in [4.69, 9.17) is 20.8 Å². The van der Waals surface area contributed by atoms with E-state index in [0.29, 0.717) is 37.1 Å². The maximum Gasteiger partial charge on any atom is 0.338 e. The predicted molar refractivity (Wildman–Crippen MR) is 141 cm³/mol. The van der Waals surface area contributed by atoms with Crippen molar-refractivity contribution in [2.45, 2.75) is 26.8 Å². The summed E-state index contributed by atoms with van der Waals surface area (Å²) < 4.78 is 26.8. The number of allylic oxidation sites excluding steroid dienone is 1. The Morgan fingerprint density at radius 1 is 1.19 bits per heavy atom. The Hall–Kier alpha value is -3.75. The van der Waals surface area contributed by atoms with E-state index < -0.39 is 17.8 Å². The number of thiazole rings is 1. The summed E-state index contributed by atoms with van der Waals surface area (Å²) >= 11 is 7.35. The minimum Gasteiger partial charge on any atom is -0.463 e. The molecule has 1 atom stereocenters. The zero-order chi connectivity index (χ0) is 26.3. The summed E-state index contributed by atoms with van der Waals surface area (Å²) in [6.45, 7) is 5.54. The van der Waals surface area contributed by atoms with Crippen LogP contribution in [0.25, 0.3) is 17.4 Å². The molecule has 0 spiro atoms. The third-order valence-corrected chi connectivity index (χ3v) is 7.29. The van der Waals surface area contributed by atoms with Crippen molar-refractivity contribution in [3.8, 4) is 11.3 Å². The topological polar surface area (TPSA) is 73.8 Å². The largest absolute Gasteiger partial charge is 0.463 e. The Labute approximate surface area is 220 Å². The molecule has 0 radical (unpaired) electrons. The molecule has 5 rings (SSSR count). The molecule has 2 aromatic carbocycles. The van der Waals surface area contributed by atoms with Gasteiger partial charge in [0.25, 0.3) is 5.56 Å². The highest BCUT2D eigenvalue weighted by atomic mass is 35.5. The Kier molecular flexibility index (Phi) is 6.70. The van der Waals surface area contributed by atoms with Crippen LogP contribution < -0.4 is 14.9 Å². The number of carbonyl (C=O) groups excluding carboxylic acids is 1. The summed E-state index contributed by atoms with van der Waals surface area (Å²) in [6, 6.07) is 14.1. The monoisotopic (exact) mass is 536 g/mol. The van der Waals surface area contributed by atoms with Crippen LogP contribution in [-0.2, 0) is 9.53 Å². The van der Waals surface area contributed by atoms with Gasteiger partial charge in [-0.05, 0) is 68.3 Å². The van der Waals surface area contributed by atoms with Crippen LogP contribution in [-0.4, -0.2) is 17.1 Å². The molecule has 1 aliphatic heterocycles. The van der Waals surface area contributed by atoms with Gasteiger partial charge >= 0.3 is 5.97 Å². The molecule has 1 aliphatic rings. The van der Waals surface area contributed by atoms with Crippen molar-refractivity contribution in [1.82, 2.24) is 4.57 Å². The fourth-order valence-electron chi connectivity index (χ4n) is 4.32. The average molecular weight is 537 g/mol. The predicted octanol–water partition coefficient (Wildman–Crippen LogP) is 5.16. The summed E-state index contributed by atoms with van der Waals surface area (Å²) in [4.78, 5) is 31.5. The van der Waals surface area contributed by atoms with Crippen LogP contribution >= 0.6 is 22.9 Å². The molecule has 37 heavy (non-hydrogen) atoms. The SMILES string of the molecule is CCOC(=O)C1=C(C)N=c2s/c(=C\c3ccc(-c4cc(Cl)ccc4C)o3)c(=O)n2[C@H]1c1ccc(F)cc1. The Morgan fingerprint density at radius 2 is 1.95 bits per heavy atom. The van der Waals surface area contributed by atoms with Crippen molar-refractivity contribution in [1.29, 1.82) is 0 Å². The molecular formula is C28H22ClFN2O4S. The number of fused-ring (bicyclic) bond motifs is 1. The van der Waals surface area contributed by atoms with Gasteiger partial charge in [-0.25, -0.2) is 14.2 Å². The van der Waals surface area contributed by atoms with Crippen molar-refractivity contribution in [2.75, 3.05) is 6.61 Å². The fraction of sp³-hybridized carbons (Fsp3) is 0.179. The normalized spacial score (nSPS) is 15.5. The number of furan rings is 1. The van der Waals surface area contributed by atoms with Gasteiger partial charge in [-0.2, -0.15) is 0 Å². The van der Waals surface area contributed by atoms with Crippen molar-refractivity contribution in [3.63, 3.8) is 0 Å². The number of benzene rings is 2. The van der Waals surface area contributed by atoms with Crippen molar-refractivity contribution >= 4 is 35.0 Å². The summed E-state index contributed by atoms with van der Waals surface area (Å²) in [6.07, 6.45) is 1.65. The molecule has 0 saturated heterocycles. The van der Waals surface area contributed by atoms with Gasteiger partial charge < -0.3 is 9.15 Å². The first-order chi connectivity index (χ1) is 17.8. The molecule has 188 valence electrons. The third kappa shape index (κ3) is 4.70. The molecule has 2 aromatic heterocycles. The molecule has 0 aliphatic carbocycles. The summed E-state index contributed by atoms with van der Waals surface area (Å²) in [7, 11) is 0. The van der Waals surface area contributed by atoms with Crippen molar-refractivity contribution < 1.29 is 18.3 Å². The van der Waals surface area contributed by atoms with Crippen LogP contribution in [0.5, 0.6) is 0 Å². The number of hydrogen-bond acceptors (Lipinski definition) is 6. The number of hydrogen-bond donors (Lipinski definition) is 0. The number of carbonyl (C=O) groups is 1. The Balaban J connectivity index is 1.64. The van der Waals surface area contributed by atoms with Gasteiger partial charge in [0.15, 0.2) is 4.80 Å². The zero-order valence-electron chi connectivity index (χ0n) is 20.2. The maximum atomic E-state index is 13.7. The van der Waals surface area contributed by atoms with E-state index in [2.05, 4.69) is 4.99 Å². The average Bonchev–Trinajstić information content (AvgIpc) is 3.45. The molecule has 0 fully saturated rings. The maximum absolute atomic E-state index is 13.7. The van der Waals surface area contributed by atoms with Gasteiger partial charge in [0.05, 0.1) is 28.5 Å². The number of aromatic nitrogens is 1. The lowest BCUT2D eigenvalue weighted by molar-refractivity contribution is -0.139. The van der Waals surface area contributed by atoms with Gasteiger partial charge in [0.2, 0.25) is 0 Å². The molecule has 0 bridgehead atoms. The van der Waals surface area contributed by atoms with Gasteiger partial charge in [0.1, 0.15) is 17.3 Å². The smallest absolute Gasteiger partial charge is 0.338 e. The minimum atomic E-state index is -0.806. The van der Waals surface area contributed by atoms with E-state index in [1.165, 1.54) is 28.0 Å². The van der Waals surface area contributed by atoms with Crippen LogP contribution in [0, 0.1) is 12.7 Å². The summed E-state index contributed by atoms with van der Waals surface area (Å²) in [5, 5.41) is 0.598. The Morgan fingerprint density at radius 3 is 2.68 bits per heavy atom. The van der Waals surface area contributed by atoms with Gasteiger partial charge in [-0.3, -0.25) is 9.36 Å². The summed E-state index contributed by atoms with van der Waals surface area (Å²) in [5.41, 5.74) is 2.78. The molecule has 0 saturated carbocycles. The number of nitrogens with zero attached hydrogens (tertiary/aromatic N) is 2. The second-order valence-corrected chi connectivity index (χ2v) is 9.96. The summed E-state index contributed by atoms with van der Waals surface area (Å²) in [5.74, 6) is 0.126. The van der Waals surface area contributed by atoms with Crippen molar-refractivity contribution in [3.05, 3.63) is 113 Å². The fourth-order valence-corrected chi connectivity index (χ4v) is 5.51. The molecule has 4 aromatic rings. The highest BCUT2D eigenvalue weighted by Crippen LogP contribution is 2.31. The molecule has 0 amide bonds. The lowest BCUT2D eigenvalue weighted by Crippen LogP contribution is -2.39. The lowest BCUT2D eigenvalue weighted by Gasteiger charge is -2.24. The number of esters is 1. The van der Waals surface area contributed by atoms with E-state index in [1.54, 1.807) is 38.1 Å². The van der Waals surface area contributed by atoms with Gasteiger partial charge in [-0.15, -0.1) is 0 Å². The molecule has 0 unspecified atom stereocenters. The first-order valence-corrected chi connectivity index (χ1v) is 12.8. The lowest BCUT2D eigenvalue weighted by atomic mass is 9.96. The van der Waals surface area contributed by atoms with Crippen LogP contribution in [0.2, 0.25) is 5.02 Å². The second-order valence-electron chi connectivity index (χ2n) is 8.52. The quantitative estimate of drug-likeness (QED) is 0.330. The Bertz CT molecular complexity index is 1730. The molecule has 3 heterocycles. The van der Waals surface area contributed by atoms with Crippen LogP contribution in [0.1, 0.15) is 36.8 Å². The highest BCUT2D eigenvalue weighted by molar-refractivity contribution is 7.07. The van der Waals surface area contributed by atoms with Crippen molar-refractivity contribution in [2.24, 2.45) is 4.99 Å². The van der Waals surface area contributed by atoms with Crippen LogP contribution in [0.3, 0.4) is 0 Å². The highest BCUT2D eigenvalue weighted by Gasteiger charge is 2.33. The number of aryl methyl sites for hydroxylation is 1. The van der Waals surface area contributed by atoms with E-state index in [9.17, 15) is 14.0 Å². The first kappa shape index (κ1) is 24.9.